The van der Waals surface area contributed by atoms with Gasteiger partial charge in [0.25, 0.3) is 5.91 Å². The SMILES string of the molecule is O=C(NC1CC2CNC1C2)c1ccc2ccsc2n1. The van der Waals surface area contributed by atoms with Crippen molar-refractivity contribution in [1.29, 1.82) is 0 Å². The largest absolute Gasteiger partial charge is 0.346 e. The summed E-state index contributed by atoms with van der Waals surface area (Å²) >= 11 is 1.57. The molecule has 0 radical (unpaired) electrons. The van der Waals surface area contributed by atoms with Crippen LogP contribution in [0.3, 0.4) is 0 Å². The molecule has 0 aromatic carbocycles. The Kier molecular flexibility index (Phi) is 2.56. The number of nitrogens with zero attached hydrogens (tertiary/aromatic N) is 1. The Labute approximate surface area is 115 Å². The van der Waals surface area contributed by atoms with E-state index < -0.39 is 0 Å². The fraction of sp³-hybridized carbons (Fsp3) is 0.429. The van der Waals surface area contributed by atoms with Crippen molar-refractivity contribution in [3.63, 3.8) is 0 Å². The van der Waals surface area contributed by atoms with Gasteiger partial charge in [-0.2, -0.15) is 0 Å². The quantitative estimate of drug-likeness (QED) is 0.877. The van der Waals surface area contributed by atoms with Gasteiger partial charge in [-0.05, 0) is 48.9 Å². The second-order valence-electron chi connectivity index (χ2n) is 5.44. The normalized spacial score (nSPS) is 28.9. The highest BCUT2D eigenvalue weighted by Crippen LogP contribution is 2.31. The maximum absolute atomic E-state index is 12.2. The van der Waals surface area contributed by atoms with Crippen LogP contribution in [-0.4, -0.2) is 29.5 Å². The minimum Gasteiger partial charge on any atom is -0.346 e. The topological polar surface area (TPSA) is 54.0 Å². The molecular formula is C14H15N3OS. The van der Waals surface area contributed by atoms with E-state index >= 15 is 0 Å². The second kappa shape index (κ2) is 4.28. The molecule has 4 nitrogen and oxygen atoms in total. The van der Waals surface area contributed by atoms with E-state index in [9.17, 15) is 4.79 Å². The maximum atomic E-state index is 12.2. The summed E-state index contributed by atoms with van der Waals surface area (Å²) in [5.74, 6) is 0.692. The number of fused-ring (bicyclic) bond motifs is 3. The number of rotatable bonds is 2. The van der Waals surface area contributed by atoms with Crippen molar-refractivity contribution in [3.8, 4) is 0 Å². The summed E-state index contributed by atoms with van der Waals surface area (Å²) in [6, 6.07) is 6.53. The lowest BCUT2D eigenvalue weighted by atomic mass is 10.1. The number of carbonyl (C=O) groups is 1. The van der Waals surface area contributed by atoms with Gasteiger partial charge in [0.05, 0.1) is 0 Å². The third kappa shape index (κ3) is 1.93. The molecule has 98 valence electrons. The second-order valence-corrected chi connectivity index (χ2v) is 6.34. The van der Waals surface area contributed by atoms with Crippen LogP contribution in [0.25, 0.3) is 10.2 Å². The number of amides is 1. The number of hydrogen-bond donors (Lipinski definition) is 2. The van der Waals surface area contributed by atoms with Crippen LogP contribution in [-0.2, 0) is 0 Å². The molecule has 5 heteroatoms. The van der Waals surface area contributed by atoms with E-state index in [0.717, 1.165) is 29.1 Å². The summed E-state index contributed by atoms with van der Waals surface area (Å²) in [5.41, 5.74) is 0.526. The van der Waals surface area contributed by atoms with E-state index in [1.165, 1.54) is 6.42 Å². The molecule has 0 spiro atoms. The first kappa shape index (κ1) is 11.4. The molecule has 1 amide bonds. The van der Waals surface area contributed by atoms with E-state index in [0.29, 0.717) is 11.7 Å². The molecular weight excluding hydrogens is 258 g/mol. The predicted molar refractivity (Wildman–Crippen MR) is 75.4 cm³/mol. The zero-order valence-electron chi connectivity index (χ0n) is 10.4. The molecule has 2 fully saturated rings. The first-order valence-electron chi connectivity index (χ1n) is 6.68. The Morgan fingerprint density at radius 1 is 1.37 bits per heavy atom. The van der Waals surface area contributed by atoms with Crippen LogP contribution in [0.4, 0.5) is 0 Å². The van der Waals surface area contributed by atoms with Crippen molar-refractivity contribution >= 4 is 27.5 Å². The van der Waals surface area contributed by atoms with Crippen molar-refractivity contribution in [2.45, 2.75) is 24.9 Å². The van der Waals surface area contributed by atoms with Gasteiger partial charge in [0.15, 0.2) is 0 Å². The highest BCUT2D eigenvalue weighted by atomic mass is 32.1. The minimum absolute atomic E-state index is 0.0466. The Morgan fingerprint density at radius 3 is 3.11 bits per heavy atom. The number of carbonyl (C=O) groups excluding carboxylic acids is 1. The molecule has 1 aliphatic carbocycles. The highest BCUT2D eigenvalue weighted by Gasteiger charge is 2.40. The Bertz CT molecular complexity index is 638. The number of pyridine rings is 1. The summed E-state index contributed by atoms with van der Waals surface area (Å²) in [5, 5.41) is 9.68. The van der Waals surface area contributed by atoms with E-state index in [1.807, 2.05) is 23.6 Å². The van der Waals surface area contributed by atoms with E-state index in [1.54, 1.807) is 11.3 Å². The number of aromatic nitrogens is 1. The summed E-state index contributed by atoms with van der Waals surface area (Å²) in [6.45, 7) is 1.11. The molecule has 1 saturated heterocycles. The zero-order valence-corrected chi connectivity index (χ0v) is 11.2. The lowest BCUT2D eigenvalue weighted by molar-refractivity contribution is 0.0924. The van der Waals surface area contributed by atoms with E-state index in [2.05, 4.69) is 15.6 Å². The molecule has 1 aliphatic heterocycles. The zero-order chi connectivity index (χ0) is 12.8. The number of piperidine rings is 1. The average Bonchev–Trinajstić information content (AvgIpc) is 3.13. The molecule has 2 bridgehead atoms. The average molecular weight is 273 g/mol. The summed E-state index contributed by atoms with van der Waals surface area (Å²) in [7, 11) is 0. The summed E-state index contributed by atoms with van der Waals surface area (Å²) in [6.07, 6.45) is 2.30. The molecule has 1 saturated carbocycles. The monoisotopic (exact) mass is 273 g/mol. The molecule has 2 N–H and O–H groups in total. The van der Waals surface area contributed by atoms with Crippen molar-refractivity contribution < 1.29 is 4.79 Å². The fourth-order valence-corrected chi connectivity index (χ4v) is 3.99. The van der Waals surface area contributed by atoms with Gasteiger partial charge in [0.2, 0.25) is 0 Å². The molecule has 2 aliphatic rings. The van der Waals surface area contributed by atoms with Crippen LogP contribution in [0.15, 0.2) is 23.6 Å². The standard InChI is InChI=1S/C14H15N3OS/c18-13(16-12-6-8-5-11(12)15-7-8)10-2-1-9-3-4-19-14(9)17-10/h1-4,8,11-12,15H,5-7H2,(H,16,18). The molecule has 19 heavy (non-hydrogen) atoms. The number of nitrogens with one attached hydrogen (secondary N) is 2. The van der Waals surface area contributed by atoms with Crippen molar-refractivity contribution in [1.82, 2.24) is 15.6 Å². The van der Waals surface area contributed by atoms with Gasteiger partial charge in [-0.1, -0.05) is 0 Å². The Morgan fingerprint density at radius 2 is 2.32 bits per heavy atom. The number of hydrogen-bond acceptors (Lipinski definition) is 4. The van der Waals surface area contributed by atoms with Crippen molar-refractivity contribution in [2.75, 3.05) is 6.54 Å². The van der Waals surface area contributed by atoms with Crippen LogP contribution >= 0.6 is 11.3 Å². The van der Waals surface area contributed by atoms with Crippen LogP contribution in [0, 0.1) is 5.92 Å². The highest BCUT2D eigenvalue weighted by molar-refractivity contribution is 7.16. The lowest BCUT2D eigenvalue weighted by Gasteiger charge is -2.23. The van der Waals surface area contributed by atoms with Gasteiger partial charge in [0, 0.05) is 17.5 Å². The molecule has 4 rings (SSSR count). The third-order valence-electron chi connectivity index (χ3n) is 4.20. The summed E-state index contributed by atoms with van der Waals surface area (Å²) < 4.78 is 0. The Balaban J connectivity index is 1.53. The van der Waals surface area contributed by atoms with Crippen molar-refractivity contribution in [2.24, 2.45) is 5.92 Å². The fourth-order valence-electron chi connectivity index (χ4n) is 3.23. The smallest absolute Gasteiger partial charge is 0.270 e. The lowest BCUT2D eigenvalue weighted by Crippen LogP contribution is -2.48. The Hall–Kier alpha value is -1.46. The predicted octanol–water partition coefficient (Wildman–Crippen LogP) is 1.78. The molecule has 2 aromatic rings. The van der Waals surface area contributed by atoms with Gasteiger partial charge in [-0.3, -0.25) is 4.79 Å². The van der Waals surface area contributed by atoms with Crippen LogP contribution < -0.4 is 10.6 Å². The van der Waals surface area contributed by atoms with Crippen LogP contribution in [0.1, 0.15) is 23.3 Å². The summed E-state index contributed by atoms with van der Waals surface area (Å²) in [4.78, 5) is 17.6. The molecule has 2 aromatic heterocycles. The third-order valence-corrected chi connectivity index (χ3v) is 5.02. The van der Waals surface area contributed by atoms with Gasteiger partial charge in [-0.15, -0.1) is 11.3 Å². The minimum atomic E-state index is -0.0466. The van der Waals surface area contributed by atoms with E-state index in [4.69, 9.17) is 0 Å². The maximum Gasteiger partial charge on any atom is 0.270 e. The van der Waals surface area contributed by atoms with Crippen LogP contribution in [0.2, 0.25) is 0 Å². The van der Waals surface area contributed by atoms with Crippen molar-refractivity contribution in [3.05, 3.63) is 29.3 Å². The van der Waals surface area contributed by atoms with Crippen LogP contribution in [0.5, 0.6) is 0 Å². The molecule has 3 unspecified atom stereocenters. The van der Waals surface area contributed by atoms with Gasteiger partial charge < -0.3 is 10.6 Å². The van der Waals surface area contributed by atoms with E-state index in [-0.39, 0.29) is 11.9 Å². The molecule has 3 atom stereocenters. The molecule has 3 heterocycles. The number of thiophene rings is 1. The first-order valence-corrected chi connectivity index (χ1v) is 7.56. The van der Waals surface area contributed by atoms with Gasteiger partial charge in [0.1, 0.15) is 10.5 Å². The van der Waals surface area contributed by atoms with Gasteiger partial charge >= 0.3 is 0 Å². The van der Waals surface area contributed by atoms with Gasteiger partial charge in [-0.25, -0.2) is 4.98 Å². The first-order chi connectivity index (χ1) is 9.29.